The van der Waals surface area contributed by atoms with Crippen molar-refractivity contribution in [3.05, 3.63) is 51.4 Å². The second-order valence-corrected chi connectivity index (χ2v) is 5.68. The van der Waals surface area contributed by atoms with E-state index >= 15 is 0 Å². The molecule has 4 nitrogen and oxygen atoms in total. The Hall–Kier alpha value is -1.30. The Labute approximate surface area is 120 Å². The zero-order valence-corrected chi connectivity index (χ0v) is 12.0. The van der Waals surface area contributed by atoms with Crippen LogP contribution in [0.4, 0.5) is 0 Å². The van der Waals surface area contributed by atoms with Gasteiger partial charge in [-0.05, 0) is 31.0 Å². The van der Waals surface area contributed by atoms with Gasteiger partial charge in [0.2, 0.25) is 0 Å². The van der Waals surface area contributed by atoms with Crippen molar-refractivity contribution in [2.45, 2.75) is 29.4 Å². The molecule has 0 radical (unpaired) electrons. The van der Waals surface area contributed by atoms with Gasteiger partial charge in [-0.15, -0.1) is 0 Å². The van der Waals surface area contributed by atoms with Crippen molar-refractivity contribution in [1.29, 1.82) is 0 Å². The van der Waals surface area contributed by atoms with Gasteiger partial charge in [0.15, 0.2) is 5.16 Å². The molecule has 0 amide bonds. The highest BCUT2D eigenvalue weighted by Gasteiger charge is 2.11. The van der Waals surface area contributed by atoms with E-state index in [2.05, 4.69) is 9.97 Å². The fraction of sp³-hybridized carbons (Fsp3) is 0.231. The molecule has 0 saturated heterocycles. The molecule has 1 aromatic carbocycles. The van der Waals surface area contributed by atoms with Crippen molar-refractivity contribution in [2.24, 2.45) is 5.73 Å². The van der Waals surface area contributed by atoms with Crippen molar-refractivity contribution in [1.82, 2.24) is 9.97 Å². The van der Waals surface area contributed by atoms with Crippen LogP contribution in [0.25, 0.3) is 0 Å². The summed E-state index contributed by atoms with van der Waals surface area (Å²) >= 11 is 7.59. The molecule has 6 heteroatoms. The second kappa shape index (κ2) is 6.23. The maximum Gasteiger partial charge on any atom is 0.251 e. The van der Waals surface area contributed by atoms with Gasteiger partial charge in [0.05, 0.1) is 0 Å². The molecule has 1 heterocycles. The first kappa shape index (κ1) is 14.1. The molecule has 1 aromatic heterocycles. The van der Waals surface area contributed by atoms with Crippen LogP contribution in [-0.2, 0) is 6.42 Å². The molecular weight excluding hydrogens is 282 g/mol. The van der Waals surface area contributed by atoms with E-state index in [1.807, 2.05) is 25.1 Å². The van der Waals surface area contributed by atoms with Crippen LogP contribution in [0.2, 0.25) is 5.02 Å². The van der Waals surface area contributed by atoms with E-state index in [1.165, 1.54) is 24.0 Å². The number of nitrogens with two attached hydrogens (primary N) is 1. The quantitative estimate of drug-likeness (QED) is 0.850. The number of rotatable bonds is 4. The summed E-state index contributed by atoms with van der Waals surface area (Å²) in [6.07, 6.45) is 2.16. The van der Waals surface area contributed by atoms with Gasteiger partial charge in [-0.2, -0.15) is 0 Å². The Kier molecular flexibility index (Phi) is 4.63. The largest absolute Gasteiger partial charge is 0.328 e. The van der Waals surface area contributed by atoms with Crippen molar-refractivity contribution in [3.8, 4) is 0 Å². The van der Waals surface area contributed by atoms with Crippen LogP contribution < -0.4 is 11.3 Å². The summed E-state index contributed by atoms with van der Waals surface area (Å²) < 4.78 is 0. The maximum atomic E-state index is 11.3. The highest BCUT2D eigenvalue weighted by Crippen LogP contribution is 2.32. The summed E-state index contributed by atoms with van der Waals surface area (Å²) in [7, 11) is 0. The zero-order valence-electron chi connectivity index (χ0n) is 10.4. The SMILES string of the molecule is CC(N)Cc1c(Cl)cccc1Sc1nccc(=O)[nH]1. The van der Waals surface area contributed by atoms with E-state index in [9.17, 15) is 4.79 Å². The number of hydrogen-bond acceptors (Lipinski definition) is 4. The van der Waals surface area contributed by atoms with E-state index in [0.717, 1.165) is 10.5 Å². The molecule has 2 aromatic rings. The minimum absolute atomic E-state index is 0.0158. The monoisotopic (exact) mass is 295 g/mol. The standard InChI is InChI=1S/C13H14ClN3OS/c1-8(15)7-9-10(14)3-2-4-11(9)19-13-16-6-5-12(18)17-13/h2-6,8H,7,15H2,1H3,(H,16,17,18). The average molecular weight is 296 g/mol. The minimum atomic E-state index is -0.173. The van der Waals surface area contributed by atoms with Gasteiger partial charge in [0.1, 0.15) is 0 Å². The van der Waals surface area contributed by atoms with Crippen LogP contribution >= 0.6 is 23.4 Å². The molecule has 100 valence electrons. The van der Waals surface area contributed by atoms with Gasteiger partial charge in [0, 0.05) is 28.2 Å². The predicted octanol–water partition coefficient (Wildman–Crippen LogP) is 2.46. The first-order valence-electron chi connectivity index (χ1n) is 5.82. The lowest BCUT2D eigenvalue weighted by molar-refractivity contribution is 0.729. The van der Waals surface area contributed by atoms with Crippen LogP contribution in [0, 0.1) is 0 Å². The van der Waals surface area contributed by atoms with E-state index in [0.29, 0.717) is 16.6 Å². The average Bonchev–Trinajstić information content (AvgIpc) is 2.33. The minimum Gasteiger partial charge on any atom is -0.328 e. The van der Waals surface area contributed by atoms with Gasteiger partial charge in [-0.25, -0.2) is 4.98 Å². The molecule has 0 aliphatic carbocycles. The molecule has 3 N–H and O–H groups in total. The number of nitrogens with one attached hydrogen (secondary N) is 1. The van der Waals surface area contributed by atoms with Crippen LogP contribution in [-0.4, -0.2) is 16.0 Å². The number of aromatic nitrogens is 2. The predicted molar refractivity (Wildman–Crippen MR) is 77.8 cm³/mol. The van der Waals surface area contributed by atoms with Crippen LogP contribution in [0.1, 0.15) is 12.5 Å². The lowest BCUT2D eigenvalue weighted by Gasteiger charge is -2.12. The molecule has 0 aliphatic rings. The number of aromatic amines is 1. The lowest BCUT2D eigenvalue weighted by atomic mass is 10.1. The summed E-state index contributed by atoms with van der Waals surface area (Å²) in [4.78, 5) is 19.0. The van der Waals surface area contributed by atoms with Gasteiger partial charge in [0.25, 0.3) is 5.56 Å². The van der Waals surface area contributed by atoms with Crippen LogP contribution in [0.3, 0.4) is 0 Å². The number of H-pyrrole nitrogens is 1. The highest BCUT2D eigenvalue weighted by atomic mass is 35.5. The highest BCUT2D eigenvalue weighted by molar-refractivity contribution is 7.99. The maximum absolute atomic E-state index is 11.3. The molecule has 0 bridgehead atoms. The van der Waals surface area contributed by atoms with E-state index in [4.69, 9.17) is 17.3 Å². The zero-order chi connectivity index (χ0) is 13.8. The van der Waals surface area contributed by atoms with Crippen molar-refractivity contribution >= 4 is 23.4 Å². The molecular formula is C13H14ClN3OS. The number of hydrogen-bond donors (Lipinski definition) is 2. The van der Waals surface area contributed by atoms with Crippen LogP contribution in [0.15, 0.2) is 45.3 Å². The summed E-state index contributed by atoms with van der Waals surface area (Å²) in [6, 6.07) is 7.05. The Morgan fingerprint density at radius 1 is 1.47 bits per heavy atom. The van der Waals surface area contributed by atoms with Crippen molar-refractivity contribution in [2.75, 3.05) is 0 Å². The van der Waals surface area contributed by atoms with Crippen LogP contribution in [0.5, 0.6) is 0 Å². The summed E-state index contributed by atoms with van der Waals surface area (Å²) in [5, 5.41) is 1.22. The van der Waals surface area contributed by atoms with Crippen molar-refractivity contribution < 1.29 is 0 Å². The second-order valence-electron chi connectivity index (χ2n) is 4.24. The molecule has 19 heavy (non-hydrogen) atoms. The molecule has 1 atom stereocenters. The summed E-state index contributed by atoms with van der Waals surface area (Å²) in [5.74, 6) is 0. The third-order valence-electron chi connectivity index (χ3n) is 2.46. The van der Waals surface area contributed by atoms with Crippen molar-refractivity contribution in [3.63, 3.8) is 0 Å². The number of benzene rings is 1. The Balaban J connectivity index is 2.34. The molecule has 0 fully saturated rings. The third kappa shape index (κ3) is 3.83. The molecule has 2 rings (SSSR count). The number of halogens is 1. The first-order valence-corrected chi connectivity index (χ1v) is 7.02. The van der Waals surface area contributed by atoms with Gasteiger partial charge < -0.3 is 10.7 Å². The fourth-order valence-corrected chi connectivity index (χ4v) is 2.91. The molecule has 0 aliphatic heterocycles. The lowest BCUT2D eigenvalue weighted by Crippen LogP contribution is -2.18. The van der Waals surface area contributed by atoms with E-state index in [1.54, 1.807) is 0 Å². The fourth-order valence-electron chi connectivity index (χ4n) is 1.66. The normalized spacial score (nSPS) is 12.4. The summed E-state index contributed by atoms with van der Waals surface area (Å²) in [6.45, 7) is 1.93. The molecule has 0 spiro atoms. The first-order chi connectivity index (χ1) is 9.06. The Bertz CT molecular complexity index is 627. The smallest absolute Gasteiger partial charge is 0.251 e. The third-order valence-corrected chi connectivity index (χ3v) is 3.81. The van der Waals surface area contributed by atoms with Gasteiger partial charge in [-0.1, -0.05) is 29.4 Å². The van der Waals surface area contributed by atoms with Gasteiger partial charge >= 0.3 is 0 Å². The topological polar surface area (TPSA) is 71.8 Å². The van der Waals surface area contributed by atoms with E-state index < -0.39 is 0 Å². The van der Waals surface area contributed by atoms with Gasteiger partial charge in [-0.3, -0.25) is 4.79 Å². The molecule has 0 saturated carbocycles. The van der Waals surface area contributed by atoms with E-state index in [-0.39, 0.29) is 11.6 Å². The Morgan fingerprint density at radius 2 is 2.26 bits per heavy atom. The summed E-state index contributed by atoms with van der Waals surface area (Å²) in [5.41, 5.74) is 6.65. The Morgan fingerprint density at radius 3 is 2.95 bits per heavy atom. The molecule has 1 unspecified atom stereocenters. The number of nitrogens with zero attached hydrogens (tertiary/aromatic N) is 1.